The lowest BCUT2D eigenvalue weighted by Crippen LogP contribution is -2.30. The first-order valence-electron chi connectivity index (χ1n) is 6.77. The number of esters is 1. The van der Waals surface area contributed by atoms with Crippen molar-refractivity contribution in [2.75, 3.05) is 13.7 Å². The molecule has 0 atom stereocenters. The van der Waals surface area contributed by atoms with Crippen molar-refractivity contribution in [3.05, 3.63) is 58.9 Å². The predicted molar refractivity (Wildman–Crippen MR) is 84.4 cm³/mol. The maximum atomic E-state index is 11.9. The highest BCUT2D eigenvalue weighted by Crippen LogP contribution is 2.12. The molecule has 1 aromatic heterocycles. The van der Waals surface area contributed by atoms with E-state index < -0.39 is 5.97 Å². The second-order valence-electron chi connectivity index (χ2n) is 4.56. The van der Waals surface area contributed by atoms with Gasteiger partial charge in [0.05, 0.1) is 7.11 Å². The summed E-state index contributed by atoms with van der Waals surface area (Å²) in [4.78, 5) is 27.4. The summed E-state index contributed by atoms with van der Waals surface area (Å²) in [6.07, 6.45) is 1.52. The average Bonchev–Trinajstić information content (AvgIpc) is 2.59. The molecule has 0 aliphatic heterocycles. The lowest BCUT2D eigenvalue weighted by Gasteiger charge is -2.07. The molecule has 120 valence electrons. The number of carbonyl (C=O) groups excluding carboxylic acids is 2. The Labute approximate surface area is 138 Å². The summed E-state index contributed by atoms with van der Waals surface area (Å²) in [7, 11) is 1.51. The number of pyridine rings is 1. The van der Waals surface area contributed by atoms with Crippen molar-refractivity contribution in [1.29, 1.82) is 0 Å². The largest absolute Gasteiger partial charge is 0.497 e. The highest BCUT2D eigenvalue weighted by molar-refractivity contribution is 6.29. The number of nitrogens with one attached hydrogen (secondary N) is 1. The number of carbonyl (C=O) groups is 2. The van der Waals surface area contributed by atoms with Crippen molar-refractivity contribution in [3.8, 4) is 5.75 Å². The number of rotatable bonds is 6. The van der Waals surface area contributed by atoms with Crippen molar-refractivity contribution in [2.24, 2.45) is 0 Å². The van der Waals surface area contributed by atoms with Crippen molar-refractivity contribution >= 4 is 23.5 Å². The third-order valence-corrected chi connectivity index (χ3v) is 3.14. The molecule has 0 saturated carbocycles. The SMILES string of the molecule is COc1cccc(C(=O)NCC(=O)OCc2ccc(Cl)nc2)c1. The Morgan fingerprint density at radius 2 is 2.09 bits per heavy atom. The molecule has 2 rings (SSSR count). The summed E-state index contributed by atoms with van der Waals surface area (Å²) in [5, 5.41) is 2.86. The minimum atomic E-state index is -0.545. The summed E-state index contributed by atoms with van der Waals surface area (Å²) in [6, 6.07) is 9.94. The van der Waals surface area contributed by atoms with Gasteiger partial charge < -0.3 is 14.8 Å². The van der Waals surface area contributed by atoms with Gasteiger partial charge in [0.25, 0.3) is 5.91 Å². The quantitative estimate of drug-likeness (QED) is 0.647. The molecule has 0 radical (unpaired) electrons. The molecule has 23 heavy (non-hydrogen) atoms. The Hall–Kier alpha value is -2.60. The first kappa shape index (κ1) is 16.8. The van der Waals surface area contributed by atoms with Gasteiger partial charge in [-0.15, -0.1) is 0 Å². The Morgan fingerprint density at radius 3 is 2.78 bits per heavy atom. The fraction of sp³-hybridized carbons (Fsp3) is 0.188. The number of nitrogens with zero attached hydrogens (tertiary/aromatic N) is 1. The van der Waals surface area contributed by atoms with Gasteiger partial charge in [-0.1, -0.05) is 23.7 Å². The number of aromatic nitrogens is 1. The van der Waals surface area contributed by atoms with Crippen molar-refractivity contribution in [2.45, 2.75) is 6.61 Å². The number of amides is 1. The van der Waals surface area contributed by atoms with Gasteiger partial charge in [0.2, 0.25) is 0 Å². The van der Waals surface area contributed by atoms with Gasteiger partial charge >= 0.3 is 5.97 Å². The number of methoxy groups -OCH3 is 1. The number of halogens is 1. The van der Waals surface area contributed by atoms with E-state index in [0.717, 1.165) is 0 Å². The summed E-state index contributed by atoms with van der Waals surface area (Å²) in [5.41, 5.74) is 1.11. The Kier molecular flexibility index (Phi) is 5.94. The summed E-state index contributed by atoms with van der Waals surface area (Å²) >= 11 is 5.66. The molecule has 1 N–H and O–H groups in total. The first-order valence-corrected chi connectivity index (χ1v) is 7.14. The van der Waals surface area contributed by atoms with Crippen LogP contribution in [0.1, 0.15) is 15.9 Å². The van der Waals surface area contributed by atoms with Crippen molar-refractivity contribution in [3.63, 3.8) is 0 Å². The Morgan fingerprint density at radius 1 is 1.26 bits per heavy atom. The van der Waals surface area contributed by atoms with Crippen molar-refractivity contribution < 1.29 is 19.1 Å². The minimum absolute atomic E-state index is 0.0675. The van der Waals surface area contributed by atoms with Gasteiger partial charge in [-0.2, -0.15) is 0 Å². The second kappa shape index (κ2) is 8.14. The molecule has 0 aliphatic rings. The van der Waals surface area contributed by atoms with Gasteiger partial charge in [0.1, 0.15) is 24.1 Å². The highest BCUT2D eigenvalue weighted by atomic mass is 35.5. The van der Waals surface area contributed by atoms with Crippen LogP contribution in [0.2, 0.25) is 5.15 Å². The fourth-order valence-electron chi connectivity index (χ4n) is 1.73. The monoisotopic (exact) mass is 334 g/mol. The molecule has 0 saturated heterocycles. The predicted octanol–water partition coefficient (Wildman–Crippen LogP) is 2.22. The topological polar surface area (TPSA) is 77.5 Å². The Bertz CT molecular complexity index is 689. The number of benzene rings is 1. The first-order chi connectivity index (χ1) is 11.1. The minimum Gasteiger partial charge on any atom is -0.497 e. The van der Waals surface area contributed by atoms with Gasteiger partial charge in [-0.3, -0.25) is 9.59 Å². The molecule has 0 fully saturated rings. The van der Waals surface area contributed by atoms with E-state index in [1.54, 1.807) is 36.4 Å². The summed E-state index contributed by atoms with van der Waals surface area (Å²) in [5.74, 6) is -0.360. The Balaban J connectivity index is 1.79. The molecule has 0 aliphatic carbocycles. The zero-order chi connectivity index (χ0) is 16.7. The van der Waals surface area contributed by atoms with E-state index in [4.69, 9.17) is 21.1 Å². The lowest BCUT2D eigenvalue weighted by molar-refractivity contribution is -0.143. The molecule has 2 aromatic rings. The standard InChI is InChI=1S/C16H15ClN2O4/c1-22-13-4-2-3-12(7-13)16(21)19-9-15(20)23-10-11-5-6-14(17)18-8-11/h2-8H,9-10H2,1H3,(H,19,21). The molecular weight excluding hydrogens is 320 g/mol. The molecule has 1 amide bonds. The normalized spacial score (nSPS) is 10.0. The molecule has 1 aromatic carbocycles. The molecule has 6 nitrogen and oxygen atoms in total. The van der Waals surface area contributed by atoms with Crippen LogP contribution in [0.5, 0.6) is 5.75 Å². The van der Waals surface area contributed by atoms with Gasteiger partial charge in [-0.05, 0) is 24.3 Å². The summed E-state index contributed by atoms with van der Waals surface area (Å²) < 4.78 is 10.1. The molecule has 0 unspecified atom stereocenters. The van der Waals surface area contributed by atoms with Gasteiger partial charge in [0, 0.05) is 17.3 Å². The molecule has 0 bridgehead atoms. The average molecular weight is 335 g/mol. The number of hydrogen-bond donors (Lipinski definition) is 1. The highest BCUT2D eigenvalue weighted by Gasteiger charge is 2.10. The zero-order valence-electron chi connectivity index (χ0n) is 12.4. The summed E-state index contributed by atoms with van der Waals surface area (Å²) in [6.45, 7) is -0.158. The van der Waals surface area contributed by atoms with E-state index in [0.29, 0.717) is 22.0 Å². The second-order valence-corrected chi connectivity index (χ2v) is 4.95. The van der Waals surface area contributed by atoms with Crippen LogP contribution in [0.15, 0.2) is 42.6 Å². The van der Waals surface area contributed by atoms with Crippen LogP contribution < -0.4 is 10.1 Å². The molecular formula is C16H15ClN2O4. The van der Waals surface area contributed by atoms with Crippen LogP contribution >= 0.6 is 11.6 Å². The van der Waals surface area contributed by atoms with E-state index in [2.05, 4.69) is 10.3 Å². The van der Waals surface area contributed by atoms with E-state index in [1.165, 1.54) is 13.3 Å². The number of hydrogen-bond acceptors (Lipinski definition) is 5. The van der Waals surface area contributed by atoms with Crippen LogP contribution in [0, 0.1) is 0 Å². The van der Waals surface area contributed by atoms with Gasteiger partial charge in [0.15, 0.2) is 0 Å². The van der Waals surface area contributed by atoms with Crippen LogP contribution in [-0.4, -0.2) is 30.5 Å². The van der Waals surface area contributed by atoms with E-state index in [9.17, 15) is 9.59 Å². The third kappa shape index (κ3) is 5.27. The van der Waals surface area contributed by atoms with Crippen LogP contribution in [0.3, 0.4) is 0 Å². The fourth-order valence-corrected chi connectivity index (χ4v) is 1.84. The number of ether oxygens (including phenoxy) is 2. The van der Waals surface area contributed by atoms with E-state index >= 15 is 0 Å². The maximum Gasteiger partial charge on any atom is 0.325 e. The van der Waals surface area contributed by atoms with Crippen molar-refractivity contribution in [1.82, 2.24) is 10.3 Å². The lowest BCUT2D eigenvalue weighted by atomic mass is 10.2. The van der Waals surface area contributed by atoms with E-state index in [1.807, 2.05) is 0 Å². The molecule has 0 spiro atoms. The zero-order valence-corrected chi connectivity index (χ0v) is 13.2. The smallest absolute Gasteiger partial charge is 0.325 e. The van der Waals surface area contributed by atoms with Crippen LogP contribution in [0.25, 0.3) is 0 Å². The maximum absolute atomic E-state index is 11.9. The third-order valence-electron chi connectivity index (χ3n) is 2.91. The van der Waals surface area contributed by atoms with Gasteiger partial charge in [-0.25, -0.2) is 4.98 Å². The van der Waals surface area contributed by atoms with Crippen LogP contribution in [-0.2, 0) is 16.1 Å². The molecule has 7 heteroatoms. The molecule has 1 heterocycles. The van der Waals surface area contributed by atoms with E-state index in [-0.39, 0.29) is 19.1 Å². The van der Waals surface area contributed by atoms with Crippen LogP contribution in [0.4, 0.5) is 0 Å².